The molecule has 0 radical (unpaired) electrons. The molecule has 0 unspecified atom stereocenters. The molecule has 0 aliphatic carbocycles. The molecule has 1 aromatic carbocycles. The number of hydrogen-bond acceptors (Lipinski definition) is 7. The lowest BCUT2D eigenvalue weighted by molar-refractivity contribution is -0.384. The first kappa shape index (κ1) is 21.6. The van der Waals surface area contributed by atoms with Gasteiger partial charge in [-0.2, -0.15) is 8.62 Å². The molecule has 17 heteroatoms. The van der Waals surface area contributed by atoms with Crippen LogP contribution in [0.1, 0.15) is 0 Å². The Morgan fingerprint density at radius 3 is 1.92 bits per heavy atom. The Bertz CT molecular complexity index is 869. The highest BCUT2D eigenvalue weighted by Gasteiger charge is 2.38. The summed E-state index contributed by atoms with van der Waals surface area (Å²) >= 11 is 0. The number of benzene rings is 1. The normalized spacial score (nSPS) is 12.5. The maximum atomic E-state index is 10.4. The third-order valence-corrected chi connectivity index (χ3v) is 5.52. The molecular formula is C8H11N2O12P3. The van der Waals surface area contributed by atoms with Gasteiger partial charge in [-0.15, -0.1) is 0 Å². The Labute approximate surface area is 138 Å². The average Bonchev–Trinajstić information content (AvgIpc) is 2.79. The van der Waals surface area contributed by atoms with Gasteiger partial charge in [-0.3, -0.25) is 10.1 Å². The Morgan fingerprint density at radius 1 is 0.960 bits per heavy atom. The van der Waals surface area contributed by atoms with E-state index in [1.165, 1.54) is 6.07 Å². The van der Waals surface area contributed by atoms with Crippen LogP contribution in [0.3, 0.4) is 0 Å². The summed E-state index contributed by atoms with van der Waals surface area (Å²) in [6.07, 6.45) is 1.76. The fraction of sp³-hybridized carbons (Fsp3) is 0. The van der Waals surface area contributed by atoms with Crippen LogP contribution in [-0.2, 0) is 22.3 Å². The largest absolute Gasteiger partial charge is 0.490 e. The van der Waals surface area contributed by atoms with Crippen molar-refractivity contribution in [3.63, 3.8) is 0 Å². The maximum absolute atomic E-state index is 10.4. The van der Waals surface area contributed by atoms with E-state index in [1.807, 2.05) is 6.07 Å². The number of aromatic nitrogens is 1. The molecule has 0 fully saturated rings. The Kier molecular flexibility index (Phi) is 6.79. The van der Waals surface area contributed by atoms with Crippen molar-refractivity contribution in [2.45, 2.75) is 0 Å². The topological polar surface area (TPSA) is 230 Å². The van der Waals surface area contributed by atoms with Crippen LogP contribution in [0.5, 0.6) is 0 Å². The Hall–Kier alpha value is -1.43. The van der Waals surface area contributed by atoms with Crippen molar-refractivity contribution in [2.75, 3.05) is 0 Å². The molecule has 0 saturated carbocycles. The second kappa shape index (κ2) is 7.85. The molecule has 0 bridgehead atoms. The van der Waals surface area contributed by atoms with Gasteiger partial charge in [0.05, 0.1) is 4.92 Å². The summed E-state index contributed by atoms with van der Waals surface area (Å²) in [5.41, 5.74) is 1.04. The Morgan fingerprint density at radius 2 is 1.48 bits per heavy atom. The highest BCUT2D eigenvalue weighted by atomic mass is 31.3. The van der Waals surface area contributed by atoms with Crippen molar-refractivity contribution < 1.29 is 51.7 Å². The molecule has 0 aliphatic heterocycles. The molecule has 6 N–H and O–H groups in total. The van der Waals surface area contributed by atoms with Gasteiger partial charge in [-0.1, -0.05) is 0 Å². The number of rotatable bonds is 5. The summed E-state index contributed by atoms with van der Waals surface area (Å²) in [7, 11) is -16.2. The fourth-order valence-electron chi connectivity index (χ4n) is 1.44. The van der Waals surface area contributed by atoms with Crippen molar-refractivity contribution in [3.8, 4) is 0 Å². The van der Waals surface area contributed by atoms with Crippen molar-refractivity contribution in [1.82, 2.24) is 4.98 Å². The summed E-state index contributed by atoms with van der Waals surface area (Å²) < 4.78 is 36.4. The molecule has 2 rings (SSSR count). The molecule has 14 nitrogen and oxygen atoms in total. The van der Waals surface area contributed by atoms with E-state index in [9.17, 15) is 23.8 Å². The summed E-state index contributed by atoms with van der Waals surface area (Å²) in [5, 5.41) is 11.2. The van der Waals surface area contributed by atoms with Crippen LogP contribution in [0.25, 0.3) is 10.9 Å². The first-order valence-electron chi connectivity index (χ1n) is 5.77. The number of phosphoric acid groups is 3. The Balaban J connectivity index is 0.000000250. The lowest BCUT2D eigenvalue weighted by Crippen LogP contribution is -1.91. The average molecular weight is 420 g/mol. The van der Waals surface area contributed by atoms with Crippen LogP contribution in [0.2, 0.25) is 0 Å². The molecule has 0 aliphatic rings. The number of non-ortho nitro benzene ring substituents is 1. The second-order valence-corrected chi connectivity index (χ2v) is 8.33. The third kappa shape index (κ3) is 8.47. The molecule has 1 heterocycles. The number of hydrogen-bond donors (Lipinski definition) is 6. The smallest absolute Gasteiger partial charge is 0.361 e. The van der Waals surface area contributed by atoms with Crippen LogP contribution in [0.4, 0.5) is 5.69 Å². The first-order chi connectivity index (χ1) is 11.2. The van der Waals surface area contributed by atoms with Crippen molar-refractivity contribution >= 4 is 40.1 Å². The minimum atomic E-state index is -5.46. The van der Waals surface area contributed by atoms with Crippen LogP contribution in [0.15, 0.2) is 30.5 Å². The van der Waals surface area contributed by atoms with E-state index in [0.717, 1.165) is 10.9 Å². The van der Waals surface area contributed by atoms with E-state index >= 15 is 0 Å². The lowest BCUT2D eigenvalue weighted by atomic mass is 10.2. The standard InChI is InChI=1S/C8H6N2O2.H5O10P3/c11-10(12)7-1-2-8-6(5-7)3-4-9-8;1-11(2,3)9-13(7,8)10-12(4,5)6/h1-5,9H;(H,7,8)(H2,1,2,3)(H2,4,5,6). The molecule has 25 heavy (non-hydrogen) atoms. The predicted molar refractivity (Wildman–Crippen MR) is 81.0 cm³/mol. The van der Waals surface area contributed by atoms with Crippen LogP contribution < -0.4 is 0 Å². The number of nitro groups is 1. The van der Waals surface area contributed by atoms with Crippen molar-refractivity contribution in [3.05, 3.63) is 40.6 Å². The van der Waals surface area contributed by atoms with Crippen LogP contribution in [0, 0.1) is 10.1 Å². The zero-order chi connectivity index (χ0) is 19.5. The summed E-state index contributed by atoms with van der Waals surface area (Å²) in [4.78, 5) is 53.1. The van der Waals surface area contributed by atoms with Crippen molar-refractivity contribution in [2.24, 2.45) is 0 Å². The fourth-order valence-corrected chi connectivity index (χ4v) is 3.98. The summed E-state index contributed by atoms with van der Waals surface area (Å²) in [6.45, 7) is 0. The van der Waals surface area contributed by atoms with Gasteiger partial charge in [0.25, 0.3) is 5.69 Å². The molecule has 2 aromatic rings. The number of nitrogens with zero attached hydrogens (tertiary/aromatic N) is 1. The van der Waals surface area contributed by atoms with E-state index in [1.54, 1.807) is 18.3 Å². The highest BCUT2D eigenvalue weighted by molar-refractivity contribution is 7.66. The van der Waals surface area contributed by atoms with Gasteiger partial charge < -0.3 is 29.5 Å². The maximum Gasteiger partial charge on any atom is 0.490 e. The monoisotopic (exact) mass is 420 g/mol. The summed E-state index contributed by atoms with van der Waals surface area (Å²) in [5.74, 6) is 0. The van der Waals surface area contributed by atoms with Gasteiger partial charge in [-0.25, -0.2) is 13.7 Å². The minimum absolute atomic E-state index is 0.127. The molecule has 0 amide bonds. The SMILES string of the molecule is O=P(O)(O)OP(=O)(O)OP(=O)(O)O.O=[N+]([O-])c1ccc2[nH]ccc2c1. The molecule has 1 aromatic heterocycles. The lowest BCUT2D eigenvalue weighted by Gasteiger charge is -2.11. The van der Waals surface area contributed by atoms with E-state index in [0.29, 0.717) is 0 Å². The van der Waals surface area contributed by atoms with Gasteiger partial charge in [0.15, 0.2) is 0 Å². The zero-order valence-corrected chi connectivity index (χ0v) is 14.5. The van der Waals surface area contributed by atoms with Crippen LogP contribution in [-0.4, -0.2) is 34.4 Å². The quantitative estimate of drug-likeness (QED) is 0.229. The minimum Gasteiger partial charge on any atom is -0.361 e. The second-order valence-electron chi connectivity index (χ2n) is 4.12. The number of nitro benzene ring substituents is 1. The number of nitrogens with one attached hydrogen (secondary N) is 1. The van der Waals surface area contributed by atoms with Gasteiger partial charge in [0, 0.05) is 29.2 Å². The first-order valence-corrected chi connectivity index (χ1v) is 10.3. The van der Waals surface area contributed by atoms with Gasteiger partial charge >= 0.3 is 23.5 Å². The van der Waals surface area contributed by atoms with E-state index < -0.39 is 28.4 Å². The van der Waals surface area contributed by atoms with Gasteiger partial charge in [0.1, 0.15) is 0 Å². The number of aromatic amines is 1. The highest BCUT2D eigenvalue weighted by Crippen LogP contribution is 2.64. The van der Waals surface area contributed by atoms with E-state index in [2.05, 4.69) is 13.6 Å². The molecular weight excluding hydrogens is 409 g/mol. The van der Waals surface area contributed by atoms with Gasteiger partial charge in [-0.05, 0) is 12.1 Å². The van der Waals surface area contributed by atoms with Crippen LogP contribution >= 0.6 is 23.5 Å². The molecule has 0 saturated heterocycles. The molecule has 0 spiro atoms. The van der Waals surface area contributed by atoms with Gasteiger partial charge in [0.2, 0.25) is 0 Å². The molecule has 140 valence electrons. The van der Waals surface area contributed by atoms with E-state index in [4.69, 9.17) is 24.5 Å². The molecule has 0 atom stereocenters. The summed E-state index contributed by atoms with van der Waals surface area (Å²) in [6, 6.07) is 6.54. The number of fused-ring (bicyclic) bond motifs is 1. The van der Waals surface area contributed by atoms with Crippen molar-refractivity contribution in [1.29, 1.82) is 0 Å². The predicted octanol–water partition coefficient (Wildman–Crippen LogP) is 1.38. The zero-order valence-electron chi connectivity index (χ0n) is 11.8. The third-order valence-electron chi connectivity index (χ3n) is 2.17. The van der Waals surface area contributed by atoms with E-state index in [-0.39, 0.29) is 5.69 Å². The number of H-pyrrole nitrogens is 1.